The van der Waals surface area contributed by atoms with E-state index in [1.807, 2.05) is 13.2 Å². The number of hydrogen-bond acceptors (Lipinski definition) is 8. The maximum atomic E-state index is 12.5. The lowest BCUT2D eigenvalue weighted by atomic mass is 10.2. The van der Waals surface area contributed by atoms with Gasteiger partial charge in [0.25, 0.3) is 0 Å². The molecule has 0 saturated carbocycles. The molecule has 0 bridgehead atoms. The van der Waals surface area contributed by atoms with Crippen LogP contribution in [0.4, 0.5) is 5.95 Å². The highest BCUT2D eigenvalue weighted by atomic mass is 32.2. The van der Waals surface area contributed by atoms with Gasteiger partial charge in [0.15, 0.2) is 10.1 Å². The van der Waals surface area contributed by atoms with Crippen molar-refractivity contribution < 1.29 is 8.42 Å². The van der Waals surface area contributed by atoms with Gasteiger partial charge in [-0.05, 0) is 32.2 Å². The van der Waals surface area contributed by atoms with Crippen LogP contribution in [0.2, 0.25) is 0 Å². The Morgan fingerprint density at radius 3 is 2.46 bits per heavy atom. The molecule has 0 fully saturated rings. The fourth-order valence-corrected chi connectivity index (χ4v) is 3.24. The standard InChI is InChI=1S/C15H15N5O2S2/c1-10-4-6-12(7-5-10)24(21,22)13(8-16)9-17-14-18-11(2)19-15(20-14)23-3/h4-7,9H,1-3H3,(H,17,18,19,20). The van der Waals surface area contributed by atoms with Gasteiger partial charge in [-0.3, -0.25) is 0 Å². The van der Waals surface area contributed by atoms with E-state index in [4.69, 9.17) is 0 Å². The fraction of sp³-hybridized carbons (Fsp3) is 0.200. The Labute approximate surface area is 144 Å². The second kappa shape index (κ2) is 7.42. The van der Waals surface area contributed by atoms with Gasteiger partial charge < -0.3 is 5.32 Å². The fourth-order valence-electron chi connectivity index (χ4n) is 1.76. The van der Waals surface area contributed by atoms with E-state index in [-0.39, 0.29) is 10.8 Å². The van der Waals surface area contributed by atoms with Crippen LogP contribution in [-0.2, 0) is 9.84 Å². The SMILES string of the molecule is CSc1nc(C)nc(NC=C(C#N)S(=O)(=O)c2ccc(C)cc2)n1. The zero-order valence-corrected chi connectivity index (χ0v) is 14.9. The van der Waals surface area contributed by atoms with Gasteiger partial charge in [0.1, 0.15) is 11.9 Å². The van der Waals surface area contributed by atoms with Crippen LogP contribution in [0.25, 0.3) is 0 Å². The minimum atomic E-state index is -3.90. The molecule has 1 heterocycles. The summed E-state index contributed by atoms with van der Waals surface area (Å²) in [6.45, 7) is 3.55. The third-order valence-corrected chi connectivity index (χ3v) is 5.20. The highest BCUT2D eigenvalue weighted by molar-refractivity contribution is 7.98. The molecule has 2 rings (SSSR count). The summed E-state index contributed by atoms with van der Waals surface area (Å²) < 4.78 is 25.0. The second-order valence-electron chi connectivity index (χ2n) is 4.77. The Hall–Kier alpha value is -2.44. The number of thioether (sulfide) groups is 1. The Morgan fingerprint density at radius 1 is 1.21 bits per heavy atom. The Bertz CT molecular complexity index is 916. The molecule has 1 aromatic heterocycles. The molecular weight excluding hydrogens is 346 g/mol. The number of sulfone groups is 1. The zero-order valence-electron chi connectivity index (χ0n) is 13.3. The van der Waals surface area contributed by atoms with Gasteiger partial charge in [0, 0.05) is 6.20 Å². The van der Waals surface area contributed by atoms with Crippen molar-refractivity contribution in [2.24, 2.45) is 0 Å². The highest BCUT2D eigenvalue weighted by Gasteiger charge is 2.20. The van der Waals surface area contributed by atoms with Gasteiger partial charge in [-0.15, -0.1) is 0 Å². The normalized spacial score (nSPS) is 11.8. The highest BCUT2D eigenvalue weighted by Crippen LogP contribution is 2.19. The summed E-state index contributed by atoms with van der Waals surface area (Å²) in [5.41, 5.74) is 0.930. The third-order valence-electron chi connectivity index (χ3n) is 2.97. The van der Waals surface area contributed by atoms with Gasteiger partial charge in [0.2, 0.25) is 15.8 Å². The maximum Gasteiger partial charge on any atom is 0.231 e. The molecule has 124 valence electrons. The van der Waals surface area contributed by atoms with E-state index in [9.17, 15) is 13.7 Å². The van der Waals surface area contributed by atoms with Gasteiger partial charge >= 0.3 is 0 Å². The Kier molecular flexibility index (Phi) is 5.54. The van der Waals surface area contributed by atoms with Gasteiger partial charge in [0.05, 0.1) is 4.90 Å². The zero-order chi connectivity index (χ0) is 17.7. The molecule has 0 aliphatic heterocycles. The molecular formula is C15H15N5O2S2. The van der Waals surface area contributed by atoms with E-state index in [0.717, 1.165) is 11.8 Å². The van der Waals surface area contributed by atoms with Crippen LogP contribution in [0.15, 0.2) is 45.4 Å². The van der Waals surface area contributed by atoms with Crippen molar-refractivity contribution in [3.05, 3.63) is 46.8 Å². The molecule has 24 heavy (non-hydrogen) atoms. The lowest BCUT2D eigenvalue weighted by molar-refractivity contribution is 0.603. The second-order valence-corrected chi connectivity index (χ2v) is 7.47. The first-order valence-corrected chi connectivity index (χ1v) is 9.53. The molecule has 0 radical (unpaired) electrons. The summed E-state index contributed by atoms with van der Waals surface area (Å²) >= 11 is 1.33. The topological polar surface area (TPSA) is 109 Å². The molecule has 9 heteroatoms. The number of benzene rings is 1. The first-order chi connectivity index (χ1) is 11.4. The number of nitriles is 1. The third kappa shape index (κ3) is 4.10. The molecule has 1 N–H and O–H groups in total. The van der Waals surface area contributed by atoms with E-state index in [2.05, 4.69) is 20.3 Å². The first-order valence-electron chi connectivity index (χ1n) is 6.82. The Balaban J connectivity index is 2.34. The molecule has 0 unspecified atom stereocenters. The van der Waals surface area contributed by atoms with Gasteiger partial charge in [-0.2, -0.15) is 15.2 Å². The van der Waals surface area contributed by atoms with Crippen molar-refractivity contribution in [1.82, 2.24) is 15.0 Å². The summed E-state index contributed by atoms with van der Waals surface area (Å²) in [5, 5.41) is 12.4. The summed E-state index contributed by atoms with van der Waals surface area (Å²) in [6, 6.07) is 7.99. The van der Waals surface area contributed by atoms with Crippen LogP contribution < -0.4 is 5.32 Å². The van der Waals surface area contributed by atoms with Crippen LogP contribution in [0.3, 0.4) is 0 Å². The summed E-state index contributed by atoms with van der Waals surface area (Å²) in [5.74, 6) is 0.670. The van der Waals surface area contributed by atoms with Crippen molar-refractivity contribution in [1.29, 1.82) is 5.26 Å². The summed E-state index contributed by atoms with van der Waals surface area (Å²) in [7, 11) is -3.90. The number of nitrogens with one attached hydrogen (secondary N) is 1. The Morgan fingerprint density at radius 2 is 1.88 bits per heavy atom. The number of hydrogen-bond donors (Lipinski definition) is 1. The number of anilines is 1. The van der Waals surface area contributed by atoms with E-state index >= 15 is 0 Å². The van der Waals surface area contributed by atoms with Crippen molar-refractivity contribution in [3.63, 3.8) is 0 Å². The molecule has 0 saturated heterocycles. The molecule has 0 atom stereocenters. The van der Waals surface area contributed by atoms with Crippen molar-refractivity contribution >= 4 is 27.5 Å². The van der Waals surface area contributed by atoms with Crippen LogP contribution in [0, 0.1) is 25.2 Å². The maximum absolute atomic E-state index is 12.5. The predicted octanol–water partition coefficient (Wildman–Crippen LogP) is 2.46. The molecule has 7 nitrogen and oxygen atoms in total. The van der Waals surface area contributed by atoms with Crippen molar-refractivity contribution in [3.8, 4) is 6.07 Å². The number of nitrogens with zero attached hydrogens (tertiary/aromatic N) is 4. The number of allylic oxidation sites excluding steroid dienone is 1. The molecule has 2 aromatic rings. The number of rotatable bonds is 5. The average Bonchev–Trinajstić information content (AvgIpc) is 2.55. The average molecular weight is 361 g/mol. The van der Waals surface area contributed by atoms with E-state index in [1.54, 1.807) is 25.1 Å². The molecule has 0 aliphatic rings. The largest absolute Gasteiger partial charge is 0.329 e. The van der Waals surface area contributed by atoms with E-state index < -0.39 is 14.7 Å². The van der Waals surface area contributed by atoms with E-state index in [1.165, 1.54) is 23.9 Å². The molecule has 1 aromatic carbocycles. The van der Waals surface area contributed by atoms with Crippen LogP contribution in [0.1, 0.15) is 11.4 Å². The minimum Gasteiger partial charge on any atom is -0.329 e. The number of aryl methyl sites for hydroxylation is 2. The lowest BCUT2D eigenvalue weighted by Gasteiger charge is -2.05. The first kappa shape index (κ1) is 17.9. The molecule has 0 spiro atoms. The quantitative estimate of drug-likeness (QED) is 0.639. The molecule has 0 amide bonds. The van der Waals surface area contributed by atoms with E-state index in [0.29, 0.717) is 11.0 Å². The van der Waals surface area contributed by atoms with Crippen molar-refractivity contribution in [2.75, 3.05) is 11.6 Å². The monoisotopic (exact) mass is 361 g/mol. The van der Waals surface area contributed by atoms with Gasteiger partial charge in [-0.25, -0.2) is 13.4 Å². The van der Waals surface area contributed by atoms with Crippen LogP contribution >= 0.6 is 11.8 Å². The van der Waals surface area contributed by atoms with Crippen LogP contribution in [0.5, 0.6) is 0 Å². The van der Waals surface area contributed by atoms with Crippen molar-refractivity contribution in [2.45, 2.75) is 23.9 Å². The summed E-state index contributed by atoms with van der Waals surface area (Å²) in [6.07, 6.45) is 2.91. The van der Waals surface area contributed by atoms with Gasteiger partial charge in [-0.1, -0.05) is 29.5 Å². The minimum absolute atomic E-state index is 0.0549. The van der Waals surface area contributed by atoms with Crippen LogP contribution in [-0.4, -0.2) is 29.6 Å². The smallest absolute Gasteiger partial charge is 0.231 e. The predicted molar refractivity (Wildman–Crippen MR) is 92.0 cm³/mol. The summed E-state index contributed by atoms with van der Waals surface area (Å²) in [4.78, 5) is 11.9. The molecule has 0 aliphatic carbocycles. The lowest BCUT2D eigenvalue weighted by Crippen LogP contribution is -2.07. The number of aromatic nitrogens is 3.